The van der Waals surface area contributed by atoms with Crippen LogP contribution in [0.25, 0.3) is 0 Å². The van der Waals surface area contributed by atoms with Crippen LogP contribution >= 0.6 is 23.2 Å². The average Bonchev–Trinajstić information content (AvgIpc) is 2.55. The van der Waals surface area contributed by atoms with Gasteiger partial charge in [-0.3, -0.25) is 19.7 Å². The van der Waals surface area contributed by atoms with Crippen molar-refractivity contribution in [1.82, 2.24) is 0 Å². The van der Waals surface area contributed by atoms with Crippen molar-refractivity contribution >= 4 is 46.3 Å². The van der Waals surface area contributed by atoms with Gasteiger partial charge in [-0.25, -0.2) is 0 Å². The predicted molar refractivity (Wildman–Crippen MR) is 87.1 cm³/mol. The number of benzene rings is 2. The maximum atomic E-state index is 12.1. The predicted octanol–water partition coefficient (Wildman–Crippen LogP) is 3.68. The molecule has 0 aliphatic heterocycles. The number of nitro benzene ring substituents is 1. The molecular formula is C15H10Cl2N2O4. The Labute approximate surface area is 141 Å². The van der Waals surface area contributed by atoms with E-state index in [1.165, 1.54) is 24.3 Å². The molecule has 1 atom stereocenters. The zero-order valence-electron chi connectivity index (χ0n) is 11.5. The lowest BCUT2D eigenvalue weighted by Crippen LogP contribution is -2.30. The fourth-order valence-electron chi connectivity index (χ4n) is 1.75. The van der Waals surface area contributed by atoms with E-state index in [-0.39, 0.29) is 11.3 Å². The summed E-state index contributed by atoms with van der Waals surface area (Å²) in [6, 6.07) is 11.2. The smallest absolute Gasteiger partial charge is 0.269 e. The molecule has 0 aliphatic carbocycles. The van der Waals surface area contributed by atoms with Crippen LogP contribution in [-0.2, 0) is 4.79 Å². The number of rotatable bonds is 5. The Morgan fingerprint density at radius 3 is 2.13 bits per heavy atom. The molecule has 0 aromatic heterocycles. The van der Waals surface area contributed by atoms with Crippen LogP contribution in [0.2, 0.25) is 5.02 Å². The van der Waals surface area contributed by atoms with E-state index in [9.17, 15) is 19.7 Å². The standard InChI is InChI=1S/C15H10Cl2N2O4/c16-10-3-5-11(6-4-10)18-15(21)13(17)14(20)9-1-7-12(8-2-9)19(22)23/h1-8,13H,(H,18,21)/t13-/m1/s1. The van der Waals surface area contributed by atoms with Gasteiger partial charge in [0.05, 0.1) is 4.92 Å². The quantitative estimate of drug-likeness (QED) is 0.292. The Balaban J connectivity index is 2.07. The SMILES string of the molecule is O=C(Nc1ccc(Cl)cc1)[C@H](Cl)C(=O)c1ccc([N+](=O)[O-])cc1. The number of ketones is 1. The van der Waals surface area contributed by atoms with Gasteiger partial charge >= 0.3 is 0 Å². The number of carbonyl (C=O) groups is 2. The molecule has 1 N–H and O–H groups in total. The van der Waals surface area contributed by atoms with Gasteiger partial charge in [-0.2, -0.15) is 0 Å². The van der Waals surface area contributed by atoms with E-state index in [1.807, 2.05) is 0 Å². The van der Waals surface area contributed by atoms with Crippen LogP contribution in [-0.4, -0.2) is 22.0 Å². The summed E-state index contributed by atoms with van der Waals surface area (Å²) in [6.07, 6.45) is 0. The lowest BCUT2D eigenvalue weighted by atomic mass is 10.1. The Kier molecular flexibility index (Phi) is 5.31. The third kappa shape index (κ3) is 4.28. The molecule has 8 heteroatoms. The van der Waals surface area contributed by atoms with E-state index in [0.29, 0.717) is 10.7 Å². The third-order valence-corrected chi connectivity index (χ3v) is 3.58. The second kappa shape index (κ2) is 7.21. The molecule has 0 saturated heterocycles. The van der Waals surface area contributed by atoms with E-state index in [1.54, 1.807) is 24.3 Å². The summed E-state index contributed by atoms with van der Waals surface area (Å²) >= 11 is 11.6. The van der Waals surface area contributed by atoms with Gasteiger partial charge in [-0.05, 0) is 36.4 Å². The third-order valence-electron chi connectivity index (χ3n) is 2.93. The maximum absolute atomic E-state index is 12.1. The highest BCUT2D eigenvalue weighted by atomic mass is 35.5. The van der Waals surface area contributed by atoms with Gasteiger partial charge in [0.15, 0.2) is 11.2 Å². The Hall–Kier alpha value is -2.44. The molecular weight excluding hydrogens is 343 g/mol. The van der Waals surface area contributed by atoms with Crippen molar-refractivity contribution in [3.05, 3.63) is 69.2 Å². The van der Waals surface area contributed by atoms with Crippen LogP contribution in [0, 0.1) is 10.1 Å². The van der Waals surface area contributed by atoms with Crippen LogP contribution in [0.5, 0.6) is 0 Å². The Morgan fingerprint density at radius 2 is 1.61 bits per heavy atom. The molecule has 118 valence electrons. The monoisotopic (exact) mass is 352 g/mol. The van der Waals surface area contributed by atoms with Crippen molar-refractivity contribution in [2.45, 2.75) is 5.38 Å². The van der Waals surface area contributed by atoms with Crippen LogP contribution in [0.1, 0.15) is 10.4 Å². The van der Waals surface area contributed by atoms with Crippen molar-refractivity contribution in [1.29, 1.82) is 0 Å². The highest BCUT2D eigenvalue weighted by Crippen LogP contribution is 2.17. The largest absolute Gasteiger partial charge is 0.324 e. The summed E-state index contributed by atoms with van der Waals surface area (Å²) in [5, 5.41) is 12.1. The zero-order chi connectivity index (χ0) is 17.0. The Bertz CT molecular complexity index is 745. The number of halogens is 2. The van der Waals surface area contributed by atoms with Crippen LogP contribution in [0.3, 0.4) is 0 Å². The minimum atomic E-state index is -1.45. The number of nitrogens with zero attached hydrogens (tertiary/aromatic N) is 1. The summed E-state index contributed by atoms with van der Waals surface area (Å²) in [5.74, 6) is -1.34. The van der Waals surface area contributed by atoms with E-state index in [4.69, 9.17) is 23.2 Å². The molecule has 0 spiro atoms. The number of amides is 1. The first-order chi connectivity index (χ1) is 10.9. The summed E-state index contributed by atoms with van der Waals surface area (Å²) in [4.78, 5) is 34.1. The molecule has 2 aromatic rings. The van der Waals surface area contributed by atoms with Crippen molar-refractivity contribution in [2.75, 3.05) is 5.32 Å². The van der Waals surface area contributed by atoms with Gasteiger partial charge in [0, 0.05) is 28.4 Å². The molecule has 0 unspecified atom stereocenters. The number of non-ortho nitro benzene ring substituents is 1. The van der Waals surface area contributed by atoms with Crippen molar-refractivity contribution in [2.24, 2.45) is 0 Å². The minimum absolute atomic E-state index is 0.113. The second-order valence-electron chi connectivity index (χ2n) is 4.53. The number of Topliss-reactive ketones (excluding diaryl/α,β-unsaturated/α-hetero) is 1. The lowest BCUT2D eigenvalue weighted by molar-refractivity contribution is -0.384. The number of carbonyl (C=O) groups excluding carboxylic acids is 2. The van der Waals surface area contributed by atoms with E-state index in [2.05, 4.69) is 5.32 Å². The fraction of sp³-hybridized carbons (Fsp3) is 0.0667. The topological polar surface area (TPSA) is 89.3 Å². The lowest BCUT2D eigenvalue weighted by Gasteiger charge is -2.10. The van der Waals surface area contributed by atoms with E-state index < -0.39 is 22.0 Å². The molecule has 1 amide bonds. The molecule has 0 aliphatic rings. The molecule has 2 aromatic carbocycles. The molecule has 2 rings (SSSR count). The first-order valence-corrected chi connectivity index (χ1v) is 7.19. The van der Waals surface area contributed by atoms with E-state index in [0.717, 1.165) is 0 Å². The first-order valence-electron chi connectivity index (χ1n) is 6.37. The van der Waals surface area contributed by atoms with Gasteiger partial charge in [-0.15, -0.1) is 11.6 Å². The maximum Gasteiger partial charge on any atom is 0.269 e. The highest BCUT2D eigenvalue weighted by Gasteiger charge is 2.25. The highest BCUT2D eigenvalue weighted by molar-refractivity contribution is 6.45. The normalized spacial score (nSPS) is 11.6. The number of nitrogens with one attached hydrogen (secondary N) is 1. The molecule has 0 bridgehead atoms. The molecule has 0 radical (unpaired) electrons. The second-order valence-corrected chi connectivity index (χ2v) is 5.40. The zero-order valence-corrected chi connectivity index (χ0v) is 13.0. The average molecular weight is 353 g/mol. The number of hydrogen-bond donors (Lipinski definition) is 1. The number of nitro groups is 1. The van der Waals surface area contributed by atoms with E-state index >= 15 is 0 Å². The number of alkyl halides is 1. The van der Waals surface area contributed by atoms with Gasteiger partial charge < -0.3 is 5.32 Å². The molecule has 6 nitrogen and oxygen atoms in total. The van der Waals surface area contributed by atoms with Gasteiger partial charge in [-0.1, -0.05) is 11.6 Å². The summed E-state index contributed by atoms with van der Waals surface area (Å²) in [5.41, 5.74) is 0.404. The van der Waals surface area contributed by atoms with Crippen LogP contribution < -0.4 is 5.32 Å². The molecule has 0 heterocycles. The van der Waals surface area contributed by atoms with Gasteiger partial charge in [0.25, 0.3) is 5.69 Å². The van der Waals surface area contributed by atoms with Crippen LogP contribution in [0.15, 0.2) is 48.5 Å². The fourth-order valence-corrected chi connectivity index (χ4v) is 2.06. The number of hydrogen-bond acceptors (Lipinski definition) is 4. The van der Waals surface area contributed by atoms with Gasteiger partial charge in [0.2, 0.25) is 5.91 Å². The van der Waals surface area contributed by atoms with Crippen molar-refractivity contribution in [3.8, 4) is 0 Å². The van der Waals surface area contributed by atoms with Crippen molar-refractivity contribution < 1.29 is 14.5 Å². The van der Waals surface area contributed by atoms with Crippen molar-refractivity contribution in [3.63, 3.8) is 0 Å². The first kappa shape index (κ1) is 16.9. The minimum Gasteiger partial charge on any atom is -0.324 e. The molecule has 0 fully saturated rings. The Morgan fingerprint density at radius 1 is 1.04 bits per heavy atom. The summed E-state index contributed by atoms with van der Waals surface area (Å²) in [6.45, 7) is 0. The summed E-state index contributed by atoms with van der Waals surface area (Å²) < 4.78 is 0. The van der Waals surface area contributed by atoms with Crippen LogP contribution in [0.4, 0.5) is 11.4 Å². The molecule has 23 heavy (non-hydrogen) atoms. The van der Waals surface area contributed by atoms with Gasteiger partial charge in [0.1, 0.15) is 0 Å². The molecule has 0 saturated carbocycles. The number of anilines is 1. The summed E-state index contributed by atoms with van der Waals surface area (Å²) in [7, 11) is 0.